The van der Waals surface area contributed by atoms with Crippen LogP contribution in [-0.2, 0) is 4.74 Å². The molecule has 22 heavy (non-hydrogen) atoms. The minimum Gasteiger partial charge on any atom is -0.496 e. The molecule has 0 aliphatic rings. The second-order valence-electron chi connectivity index (χ2n) is 5.62. The Hall–Kier alpha value is -2.12. The van der Waals surface area contributed by atoms with Crippen LogP contribution in [0.5, 0.6) is 5.75 Å². The number of nitrogen functional groups attached to an aromatic ring is 1. The number of nitrogens with two attached hydrogens (primary N) is 1. The maximum atomic E-state index is 13.3. The topological polar surface area (TPSA) is 73.6 Å². The summed E-state index contributed by atoms with van der Waals surface area (Å²) in [5, 5.41) is 1.82. The van der Waals surface area contributed by atoms with Crippen LogP contribution in [0.2, 0.25) is 0 Å². The van der Waals surface area contributed by atoms with Gasteiger partial charge in [0.25, 0.3) is 0 Å². The number of rotatable bonds is 3. The highest BCUT2D eigenvalue weighted by Gasteiger charge is 2.44. The monoisotopic (exact) mass is 320 g/mol. The summed E-state index contributed by atoms with van der Waals surface area (Å²) in [6.07, 6.45) is -5.89. The number of benzene rings is 1. The van der Waals surface area contributed by atoms with Crippen molar-refractivity contribution in [3.63, 3.8) is 0 Å². The number of ether oxygens (including phenoxy) is 2. The van der Waals surface area contributed by atoms with Crippen molar-refractivity contribution in [3.8, 4) is 5.75 Å². The third-order valence-corrected chi connectivity index (χ3v) is 2.56. The van der Waals surface area contributed by atoms with Crippen molar-refractivity contribution in [3.05, 3.63) is 23.8 Å². The van der Waals surface area contributed by atoms with Gasteiger partial charge in [-0.05, 0) is 26.8 Å². The van der Waals surface area contributed by atoms with Gasteiger partial charge in [-0.15, -0.1) is 0 Å². The number of hydrogen-bond acceptors (Lipinski definition) is 4. The third-order valence-electron chi connectivity index (χ3n) is 2.56. The lowest BCUT2D eigenvalue weighted by molar-refractivity contribution is -0.157. The Morgan fingerprint density at radius 2 is 1.86 bits per heavy atom. The van der Waals surface area contributed by atoms with Crippen LogP contribution in [0.1, 0.15) is 32.4 Å². The number of methoxy groups -OCH3 is 1. The fraction of sp³-hybridized carbons (Fsp3) is 0.500. The van der Waals surface area contributed by atoms with E-state index in [0.29, 0.717) is 0 Å². The quantitative estimate of drug-likeness (QED) is 0.837. The van der Waals surface area contributed by atoms with E-state index in [1.165, 1.54) is 19.2 Å². The molecule has 0 saturated carbocycles. The summed E-state index contributed by atoms with van der Waals surface area (Å²) in [7, 11) is 1.22. The van der Waals surface area contributed by atoms with Crippen LogP contribution in [0.4, 0.5) is 23.7 Å². The van der Waals surface area contributed by atoms with Gasteiger partial charge in [0.1, 0.15) is 11.4 Å². The largest absolute Gasteiger partial charge is 0.496 e. The lowest BCUT2D eigenvalue weighted by Crippen LogP contribution is -2.41. The molecule has 0 aromatic heterocycles. The van der Waals surface area contributed by atoms with E-state index in [1.54, 1.807) is 20.8 Å². The minimum atomic E-state index is -4.72. The number of amides is 1. The van der Waals surface area contributed by atoms with Crippen molar-refractivity contribution < 1.29 is 27.4 Å². The van der Waals surface area contributed by atoms with E-state index in [2.05, 4.69) is 0 Å². The number of anilines is 1. The summed E-state index contributed by atoms with van der Waals surface area (Å²) in [5.41, 5.74) is 4.61. The molecule has 8 heteroatoms. The fourth-order valence-corrected chi connectivity index (χ4v) is 1.73. The first kappa shape index (κ1) is 17.9. The highest BCUT2D eigenvalue weighted by atomic mass is 19.4. The Bertz CT molecular complexity index is 539. The number of hydrogen-bond donors (Lipinski definition) is 2. The Balaban J connectivity index is 3.13. The van der Waals surface area contributed by atoms with Gasteiger partial charge in [0.05, 0.1) is 7.11 Å². The molecule has 1 unspecified atom stereocenters. The number of nitrogens with one attached hydrogen (secondary N) is 1. The van der Waals surface area contributed by atoms with Gasteiger partial charge < -0.3 is 20.5 Å². The molecule has 1 amide bonds. The van der Waals surface area contributed by atoms with Gasteiger partial charge >= 0.3 is 12.3 Å². The molecular weight excluding hydrogens is 301 g/mol. The molecule has 124 valence electrons. The number of alkyl halides is 3. The summed E-state index contributed by atoms with van der Waals surface area (Å²) in [4.78, 5) is 11.7. The highest BCUT2D eigenvalue weighted by molar-refractivity contribution is 5.69. The maximum Gasteiger partial charge on any atom is 0.413 e. The SMILES string of the molecule is COc1cc(N)ccc1C(NC(=O)OC(C)(C)C)C(F)(F)F. The van der Waals surface area contributed by atoms with Gasteiger partial charge in [-0.2, -0.15) is 13.2 Å². The van der Waals surface area contributed by atoms with Crippen LogP contribution in [0.25, 0.3) is 0 Å². The van der Waals surface area contributed by atoms with E-state index in [-0.39, 0.29) is 17.0 Å². The van der Waals surface area contributed by atoms with Crippen LogP contribution < -0.4 is 15.8 Å². The van der Waals surface area contributed by atoms with Crippen molar-refractivity contribution in [2.75, 3.05) is 12.8 Å². The molecule has 1 aromatic rings. The first-order chi connectivity index (χ1) is 9.94. The van der Waals surface area contributed by atoms with E-state index in [0.717, 1.165) is 6.07 Å². The maximum absolute atomic E-state index is 13.3. The molecule has 1 rings (SSSR count). The smallest absolute Gasteiger partial charge is 0.413 e. The summed E-state index contributed by atoms with van der Waals surface area (Å²) in [6.45, 7) is 4.66. The zero-order valence-electron chi connectivity index (χ0n) is 12.7. The normalized spacial score (nSPS) is 13.4. The summed E-state index contributed by atoms with van der Waals surface area (Å²) < 4.78 is 49.6. The molecule has 0 aliphatic carbocycles. The number of halogens is 3. The van der Waals surface area contributed by atoms with Crippen molar-refractivity contribution >= 4 is 11.8 Å². The van der Waals surface area contributed by atoms with Gasteiger partial charge in [0.15, 0.2) is 6.04 Å². The molecular formula is C14H19F3N2O3. The molecule has 1 aromatic carbocycles. The standard InChI is InChI=1S/C14H19F3N2O3/c1-13(2,3)22-12(20)19-11(14(15,16)17)9-6-5-8(18)7-10(9)21-4/h5-7,11H,18H2,1-4H3,(H,19,20). The third kappa shape index (κ3) is 5.01. The lowest BCUT2D eigenvalue weighted by Gasteiger charge is -2.26. The Morgan fingerprint density at radius 1 is 1.27 bits per heavy atom. The molecule has 1 atom stereocenters. The molecule has 0 saturated heterocycles. The Kier molecular flexibility index (Phi) is 5.16. The Morgan fingerprint density at radius 3 is 2.32 bits per heavy atom. The first-order valence-corrected chi connectivity index (χ1v) is 6.43. The second-order valence-corrected chi connectivity index (χ2v) is 5.62. The van der Waals surface area contributed by atoms with Crippen molar-refractivity contribution in [1.82, 2.24) is 5.32 Å². The van der Waals surface area contributed by atoms with Crippen molar-refractivity contribution in [2.24, 2.45) is 0 Å². The minimum absolute atomic E-state index is 0.0709. The zero-order chi connectivity index (χ0) is 17.1. The second kappa shape index (κ2) is 6.33. The van der Waals surface area contributed by atoms with E-state index in [9.17, 15) is 18.0 Å². The predicted octanol–water partition coefficient (Wildman–Crippen LogP) is 3.41. The zero-order valence-corrected chi connectivity index (χ0v) is 12.7. The van der Waals surface area contributed by atoms with Gasteiger partial charge in [-0.25, -0.2) is 4.79 Å². The fourth-order valence-electron chi connectivity index (χ4n) is 1.73. The molecule has 0 radical (unpaired) electrons. The van der Waals surface area contributed by atoms with Crippen LogP contribution >= 0.6 is 0 Å². The van der Waals surface area contributed by atoms with E-state index >= 15 is 0 Å². The summed E-state index contributed by atoms with van der Waals surface area (Å²) in [6, 6.07) is 1.44. The molecule has 0 aliphatic heterocycles. The molecule has 3 N–H and O–H groups in total. The van der Waals surface area contributed by atoms with Crippen LogP contribution in [-0.4, -0.2) is 25.0 Å². The van der Waals surface area contributed by atoms with Crippen molar-refractivity contribution in [1.29, 1.82) is 0 Å². The van der Waals surface area contributed by atoms with Crippen molar-refractivity contribution in [2.45, 2.75) is 38.6 Å². The van der Waals surface area contributed by atoms with Gasteiger partial charge in [-0.1, -0.05) is 6.07 Å². The van der Waals surface area contributed by atoms with Gasteiger partial charge in [0.2, 0.25) is 0 Å². The first-order valence-electron chi connectivity index (χ1n) is 6.43. The van der Waals surface area contributed by atoms with E-state index in [4.69, 9.17) is 15.2 Å². The summed E-state index contributed by atoms with van der Waals surface area (Å²) >= 11 is 0. The average Bonchev–Trinajstić information content (AvgIpc) is 2.32. The molecule has 0 fully saturated rings. The van der Waals surface area contributed by atoms with Crippen LogP contribution in [0.15, 0.2) is 18.2 Å². The predicted molar refractivity (Wildman–Crippen MR) is 75.6 cm³/mol. The summed E-state index contributed by atoms with van der Waals surface area (Å²) in [5.74, 6) is -0.0709. The molecule has 0 heterocycles. The van der Waals surface area contributed by atoms with Gasteiger partial charge in [-0.3, -0.25) is 0 Å². The lowest BCUT2D eigenvalue weighted by atomic mass is 10.0. The van der Waals surface area contributed by atoms with Crippen LogP contribution in [0.3, 0.4) is 0 Å². The van der Waals surface area contributed by atoms with E-state index in [1.807, 2.05) is 5.32 Å². The average molecular weight is 320 g/mol. The number of carbonyl (C=O) groups is 1. The highest BCUT2D eigenvalue weighted by Crippen LogP contribution is 2.38. The molecule has 0 spiro atoms. The molecule has 5 nitrogen and oxygen atoms in total. The number of carbonyl (C=O) groups excluding carboxylic acids is 1. The van der Waals surface area contributed by atoms with Crippen LogP contribution in [0, 0.1) is 0 Å². The Labute approximate surface area is 126 Å². The molecule has 0 bridgehead atoms. The number of alkyl carbamates (subject to hydrolysis) is 1. The van der Waals surface area contributed by atoms with E-state index < -0.39 is 23.9 Å². The van der Waals surface area contributed by atoms with Gasteiger partial charge in [0, 0.05) is 17.3 Å².